The fourth-order valence-corrected chi connectivity index (χ4v) is 4.57. The molecule has 0 aliphatic carbocycles. The largest absolute Gasteiger partial charge is 0.507 e. The number of hydrogen-bond donors (Lipinski definition) is 3. The van der Waals surface area contributed by atoms with Gasteiger partial charge in [-0.2, -0.15) is 0 Å². The van der Waals surface area contributed by atoms with Crippen LogP contribution in [-0.2, 0) is 0 Å². The summed E-state index contributed by atoms with van der Waals surface area (Å²) in [4.78, 5) is 26.8. The smallest absolute Gasteiger partial charge is 0.259 e. The number of nitrogen functional groups attached to an aromatic ring is 1. The van der Waals surface area contributed by atoms with Crippen molar-refractivity contribution in [1.29, 1.82) is 0 Å². The van der Waals surface area contributed by atoms with Crippen molar-refractivity contribution < 1.29 is 19.1 Å². The monoisotopic (exact) mass is 454 g/mol. The molecule has 0 saturated carbocycles. The zero-order valence-electron chi connectivity index (χ0n) is 17.2. The van der Waals surface area contributed by atoms with E-state index in [2.05, 4.69) is 5.32 Å². The van der Waals surface area contributed by atoms with Crippen molar-refractivity contribution in [2.45, 2.75) is 4.90 Å². The Kier molecular flexibility index (Phi) is 5.24. The van der Waals surface area contributed by atoms with E-state index in [0.717, 1.165) is 4.90 Å². The molecular formula is C26H18N2O4S. The van der Waals surface area contributed by atoms with E-state index >= 15 is 0 Å². The molecule has 0 fully saturated rings. The summed E-state index contributed by atoms with van der Waals surface area (Å²) in [6, 6.07) is 22.4. The Morgan fingerprint density at radius 1 is 1.00 bits per heavy atom. The van der Waals surface area contributed by atoms with Gasteiger partial charge in [-0.1, -0.05) is 30.0 Å². The van der Waals surface area contributed by atoms with Crippen LogP contribution in [0.25, 0.3) is 17.4 Å². The third kappa shape index (κ3) is 4.14. The zero-order valence-corrected chi connectivity index (χ0v) is 18.1. The Hall–Kier alpha value is -4.23. The molecule has 0 radical (unpaired) electrons. The number of aromatic hydroxyl groups is 1. The highest BCUT2D eigenvalue weighted by molar-refractivity contribution is 8.04. The second-order valence-electron chi connectivity index (χ2n) is 7.45. The maximum Gasteiger partial charge on any atom is 0.259 e. The first-order valence-corrected chi connectivity index (χ1v) is 10.9. The van der Waals surface area contributed by atoms with E-state index < -0.39 is 5.91 Å². The quantitative estimate of drug-likeness (QED) is 0.265. The second-order valence-corrected chi connectivity index (χ2v) is 8.53. The number of anilines is 2. The van der Waals surface area contributed by atoms with Gasteiger partial charge in [-0.3, -0.25) is 9.59 Å². The molecule has 33 heavy (non-hydrogen) atoms. The average Bonchev–Trinajstić information content (AvgIpc) is 3.39. The molecule has 3 aromatic carbocycles. The van der Waals surface area contributed by atoms with Crippen LogP contribution in [0.1, 0.15) is 26.5 Å². The van der Waals surface area contributed by atoms with Gasteiger partial charge in [-0.05, 0) is 66.7 Å². The number of nitrogens with one attached hydrogen (secondary N) is 1. The van der Waals surface area contributed by atoms with Crippen LogP contribution in [0, 0.1) is 0 Å². The van der Waals surface area contributed by atoms with Gasteiger partial charge in [-0.15, -0.1) is 0 Å². The van der Waals surface area contributed by atoms with E-state index in [1.54, 1.807) is 54.6 Å². The molecule has 5 rings (SSSR count). The number of benzene rings is 3. The standard InChI is InChI=1S/C26H18N2O4S/c27-16-4-3-5-17(13-16)28-26(31)20-12-15(8-10-21(20)29)22-11-9-18(32-22)14-24-25(30)19-6-1-2-7-23(19)33-24/h1-14,29H,27H2,(H,28,31)/b24-14-. The first kappa shape index (κ1) is 20.7. The Bertz CT molecular complexity index is 1440. The predicted molar refractivity (Wildman–Crippen MR) is 129 cm³/mol. The number of phenolic OH excluding ortho intramolecular Hbond substituents is 1. The van der Waals surface area contributed by atoms with Crippen LogP contribution < -0.4 is 11.1 Å². The van der Waals surface area contributed by atoms with Gasteiger partial charge in [0.05, 0.1) is 10.5 Å². The molecule has 7 heteroatoms. The topological polar surface area (TPSA) is 106 Å². The average molecular weight is 455 g/mol. The summed E-state index contributed by atoms with van der Waals surface area (Å²) in [5.74, 6) is 0.373. The van der Waals surface area contributed by atoms with Gasteiger partial charge in [-0.25, -0.2) is 0 Å². The number of phenols is 1. The summed E-state index contributed by atoms with van der Waals surface area (Å²) >= 11 is 1.41. The Morgan fingerprint density at radius 3 is 2.67 bits per heavy atom. The molecule has 4 aromatic rings. The number of thioether (sulfide) groups is 1. The summed E-state index contributed by atoms with van der Waals surface area (Å²) in [7, 11) is 0. The van der Waals surface area contributed by atoms with Crippen LogP contribution in [0.2, 0.25) is 0 Å². The van der Waals surface area contributed by atoms with E-state index in [9.17, 15) is 14.7 Å². The first-order chi connectivity index (χ1) is 16.0. The van der Waals surface area contributed by atoms with Gasteiger partial charge in [0.2, 0.25) is 5.78 Å². The van der Waals surface area contributed by atoms with Crippen molar-refractivity contribution >= 4 is 40.9 Å². The minimum atomic E-state index is -0.473. The second kappa shape index (κ2) is 8.37. The van der Waals surface area contributed by atoms with E-state index in [1.807, 2.05) is 24.3 Å². The lowest BCUT2D eigenvalue weighted by molar-refractivity contribution is 0.102. The highest BCUT2D eigenvalue weighted by Gasteiger charge is 2.25. The van der Waals surface area contributed by atoms with Crippen molar-refractivity contribution in [3.63, 3.8) is 0 Å². The minimum absolute atomic E-state index is 0.0290. The number of amides is 1. The number of allylic oxidation sites excluding steroid dienone is 1. The summed E-state index contributed by atoms with van der Waals surface area (Å²) < 4.78 is 5.92. The highest BCUT2D eigenvalue weighted by Crippen LogP contribution is 2.41. The van der Waals surface area contributed by atoms with Crippen molar-refractivity contribution in [1.82, 2.24) is 0 Å². The fraction of sp³-hybridized carbons (Fsp3) is 0. The van der Waals surface area contributed by atoms with Gasteiger partial charge in [0.1, 0.15) is 17.3 Å². The zero-order chi connectivity index (χ0) is 22.9. The van der Waals surface area contributed by atoms with E-state index in [1.165, 1.54) is 17.8 Å². The fourth-order valence-electron chi connectivity index (χ4n) is 3.54. The molecule has 0 saturated heterocycles. The number of carbonyl (C=O) groups is 2. The van der Waals surface area contributed by atoms with E-state index in [0.29, 0.717) is 38.9 Å². The summed E-state index contributed by atoms with van der Waals surface area (Å²) in [6.07, 6.45) is 1.71. The van der Waals surface area contributed by atoms with Gasteiger partial charge in [0.15, 0.2) is 0 Å². The molecule has 0 spiro atoms. The van der Waals surface area contributed by atoms with Crippen LogP contribution in [-0.4, -0.2) is 16.8 Å². The molecule has 1 amide bonds. The Balaban J connectivity index is 1.39. The van der Waals surface area contributed by atoms with Gasteiger partial charge in [0.25, 0.3) is 5.91 Å². The Morgan fingerprint density at radius 2 is 1.85 bits per heavy atom. The normalized spacial score (nSPS) is 13.8. The number of hydrogen-bond acceptors (Lipinski definition) is 6. The number of ketones is 1. The third-order valence-corrected chi connectivity index (χ3v) is 6.24. The number of furan rings is 1. The van der Waals surface area contributed by atoms with Crippen LogP contribution in [0.3, 0.4) is 0 Å². The lowest BCUT2D eigenvalue weighted by atomic mass is 10.1. The molecule has 0 atom stereocenters. The van der Waals surface area contributed by atoms with Gasteiger partial charge >= 0.3 is 0 Å². The molecule has 1 aliphatic rings. The Labute approximate surface area is 193 Å². The lowest BCUT2D eigenvalue weighted by Crippen LogP contribution is -2.12. The molecule has 0 bridgehead atoms. The van der Waals surface area contributed by atoms with Crippen LogP contribution in [0.4, 0.5) is 11.4 Å². The maximum absolute atomic E-state index is 12.7. The van der Waals surface area contributed by atoms with Crippen molar-refractivity contribution in [2.24, 2.45) is 0 Å². The molecule has 1 aliphatic heterocycles. The van der Waals surface area contributed by atoms with Crippen LogP contribution in [0.5, 0.6) is 5.75 Å². The van der Waals surface area contributed by atoms with Crippen molar-refractivity contribution in [2.75, 3.05) is 11.1 Å². The van der Waals surface area contributed by atoms with Crippen LogP contribution >= 0.6 is 11.8 Å². The predicted octanol–water partition coefficient (Wildman–Crippen LogP) is 5.82. The highest BCUT2D eigenvalue weighted by atomic mass is 32.2. The number of nitrogens with two attached hydrogens (primary N) is 1. The van der Waals surface area contributed by atoms with Gasteiger partial charge < -0.3 is 20.6 Å². The molecular weight excluding hydrogens is 436 g/mol. The molecule has 6 nitrogen and oxygen atoms in total. The van der Waals surface area contributed by atoms with Crippen LogP contribution in [0.15, 0.2) is 93.1 Å². The van der Waals surface area contributed by atoms with Gasteiger partial charge in [0, 0.05) is 27.4 Å². The third-order valence-electron chi connectivity index (χ3n) is 5.15. The molecule has 1 aromatic heterocycles. The summed E-state index contributed by atoms with van der Waals surface area (Å²) in [5, 5.41) is 13.0. The van der Waals surface area contributed by atoms with Crippen molar-refractivity contribution in [3.8, 4) is 17.1 Å². The SMILES string of the molecule is Nc1cccc(NC(=O)c2cc(-c3ccc(/C=C4\Sc5ccccc5C4=O)o3)ccc2O)c1. The van der Waals surface area contributed by atoms with Crippen molar-refractivity contribution in [3.05, 3.63) is 101 Å². The maximum atomic E-state index is 12.7. The molecule has 4 N–H and O–H groups in total. The number of rotatable bonds is 4. The summed E-state index contributed by atoms with van der Waals surface area (Å²) in [6.45, 7) is 0. The molecule has 2 heterocycles. The number of fused-ring (bicyclic) bond motifs is 1. The summed E-state index contributed by atoms with van der Waals surface area (Å²) in [5.41, 5.74) is 8.20. The first-order valence-electron chi connectivity index (χ1n) is 10.1. The number of carbonyl (C=O) groups excluding carboxylic acids is 2. The molecule has 162 valence electrons. The molecule has 0 unspecified atom stereocenters. The van der Waals surface area contributed by atoms with E-state index in [-0.39, 0.29) is 17.1 Å². The van der Waals surface area contributed by atoms with E-state index in [4.69, 9.17) is 10.2 Å². The lowest BCUT2D eigenvalue weighted by Gasteiger charge is -2.09. The minimum Gasteiger partial charge on any atom is -0.507 e. The number of Topliss-reactive ketones (excluding diaryl/α,β-unsaturated/α-hetero) is 1.